The van der Waals surface area contributed by atoms with Crippen molar-refractivity contribution in [3.8, 4) is 0 Å². The molecule has 0 unspecified atom stereocenters. The Labute approximate surface area is 125 Å². The van der Waals surface area contributed by atoms with Gasteiger partial charge in [0.05, 0.1) is 17.1 Å². The Bertz CT molecular complexity index is 643. The molecule has 7 nitrogen and oxygen atoms in total. The van der Waals surface area contributed by atoms with Crippen molar-refractivity contribution in [2.45, 2.75) is 13.5 Å². The van der Waals surface area contributed by atoms with Crippen LogP contribution in [0.3, 0.4) is 0 Å². The van der Waals surface area contributed by atoms with Crippen LogP contribution < -0.4 is 10.6 Å². The van der Waals surface area contributed by atoms with E-state index in [-0.39, 0.29) is 11.1 Å². The van der Waals surface area contributed by atoms with E-state index in [9.17, 15) is 4.79 Å². The molecular formula is C11H11ClN6OS. The average molecular weight is 311 g/mol. The molecule has 2 rings (SSSR count). The van der Waals surface area contributed by atoms with Gasteiger partial charge in [-0.05, 0) is 36.5 Å². The van der Waals surface area contributed by atoms with Crippen molar-refractivity contribution in [3.05, 3.63) is 34.9 Å². The summed E-state index contributed by atoms with van der Waals surface area (Å²) < 4.78 is 0. The third kappa shape index (κ3) is 3.49. The van der Waals surface area contributed by atoms with E-state index < -0.39 is 5.91 Å². The Kier molecular flexibility index (Phi) is 4.59. The molecule has 0 aliphatic rings. The lowest BCUT2D eigenvalue weighted by Gasteiger charge is -2.07. The van der Waals surface area contributed by atoms with Crippen LogP contribution >= 0.6 is 23.8 Å². The van der Waals surface area contributed by atoms with E-state index in [1.165, 1.54) is 4.80 Å². The maximum atomic E-state index is 11.9. The first-order chi connectivity index (χ1) is 9.60. The summed E-state index contributed by atoms with van der Waals surface area (Å²) >= 11 is 10.9. The minimum Gasteiger partial charge on any atom is -0.299 e. The van der Waals surface area contributed by atoms with Crippen LogP contribution in [-0.4, -0.2) is 31.2 Å². The van der Waals surface area contributed by atoms with Gasteiger partial charge in [-0.1, -0.05) is 28.8 Å². The number of aromatic nitrogens is 4. The van der Waals surface area contributed by atoms with Crippen LogP contribution in [-0.2, 0) is 6.54 Å². The largest absolute Gasteiger partial charge is 0.299 e. The fraction of sp³-hybridized carbons (Fsp3) is 0.182. The van der Waals surface area contributed by atoms with E-state index in [1.807, 2.05) is 6.92 Å². The number of nitrogens with zero attached hydrogens (tertiary/aromatic N) is 4. The highest BCUT2D eigenvalue weighted by Gasteiger charge is 2.12. The third-order valence-electron chi connectivity index (χ3n) is 2.31. The van der Waals surface area contributed by atoms with Crippen molar-refractivity contribution < 1.29 is 4.79 Å². The normalized spacial score (nSPS) is 10.1. The highest BCUT2D eigenvalue weighted by atomic mass is 35.5. The zero-order valence-corrected chi connectivity index (χ0v) is 12.1. The summed E-state index contributed by atoms with van der Waals surface area (Å²) in [6.07, 6.45) is 0. The molecule has 2 aromatic rings. The highest BCUT2D eigenvalue weighted by molar-refractivity contribution is 7.80. The number of carbonyl (C=O) groups is 1. The van der Waals surface area contributed by atoms with Crippen molar-refractivity contribution >= 4 is 40.8 Å². The van der Waals surface area contributed by atoms with Crippen LogP contribution in [0.1, 0.15) is 17.3 Å². The summed E-state index contributed by atoms with van der Waals surface area (Å²) in [6, 6.07) is 6.68. The number of amides is 1. The molecule has 1 amide bonds. The van der Waals surface area contributed by atoms with Crippen molar-refractivity contribution in [3.63, 3.8) is 0 Å². The number of nitrogens with one attached hydrogen (secondary N) is 2. The van der Waals surface area contributed by atoms with Gasteiger partial charge in [0.25, 0.3) is 11.9 Å². The van der Waals surface area contributed by atoms with E-state index in [0.717, 1.165) is 0 Å². The van der Waals surface area contributed by atoms with Gasteiger partial charge in [-0.15, -0.1) is 5.10 Å². The van der Waals surface area contributed by atoms with Gasteiger partial charge >= 0.3 is 0 Å². The zero-order valence-electron chi connectivity index (χ0n) is 10.5. The Balaban J connectivity index is 1.98. The molecule has 104 valence electrons. The number of anilines is 1. The smallest absolute Gasteiger partial charge is 0.269 e. The molecule has 2 N–H and O–H groups in total. The minimum atomic E-state index is -0.406. The van der Waals surface area contributed by atoms with E-state index in [4.69, 9.17) is 23.8 Å². The summed E-state index contributed by atoms with van der Waals surface area (Å²) in [7, 11) is 0. The fourth-order valence-electron chi connectivity index (χ4n) is 1.38. The number of hydrogen-bond donors (Lipinski definition) is 2. The average Bonchev–Trinajstić information content (AvgIpc) is 2.86. The van der Waals surface area contributed by atoms with Crippen LogP contribution in [0.2, 0.25) is 5.02 Å². The monoisotopic (exact) mass is 310 g/mol. The molecule has 0 saturated heterocycles. The van der Waals surface area contributed by atoms with E-state index in [2.05, 4.69) is 26.0 Å². The molecule has 0 aliphatic carbocycles. The second-order valence-electron chi connectivity index (χ2n) is 3.69. The van der Waals surface area contributed by atoms with Crippen LogP contribution in [0.25, 0.3) is 0 Å². The molecule has 0 radical (unpaired) electrons. The molecular weight excluding hydrogens is 300 g/mol. The lowest BCUT2D eigenvalue weighted by Crippen LogP contribution is -2.34. The summed E-state index contributed by atoms with van der Waals surface area (Å²) in [5.41, 5.74) is 0.337. The molecule has 0 bridgehead atoms. The molecule has 1 aromatic carbocycles. The van der Waals surface area contributed by atoms with Crippen molar-refractivity contribution in [1.29, 1.82) is 0 Å². The van der Waals surface area contributed by atoms with E-state index >= 15 is 0 Å². The maximum absolute atomic E-state index is 11.9. The summed E-state index contributed by atoms with van der Waals surface area (Å²) in [5.74, 6) is -0.188. The molecule has 0 aliphatic heterocycles. The van der Waals surface area contributed by atoms with Gasteiger partial charge in [0, 0.05) is 0 Å². The zero-order chi connectivity index (χ0) is 14.5. The van der Waals surface area contributed by atoms with Crippen molar-refractivity contribution in [1.82, 2.24) is 25.5 Å². The first-order valence-electron chi connectivity index (χ1n) is 5.75. The van der Waals surface area contributed by atoms with Crippen molar-refractivity contribution in [2.75, 3.05) is 5.32 Å². The quantitative estimate of drug-likeness (QED) is 0.835. The van der Waals surface area contributed by atoms with Crippen LogP contribution in [0, 0.1) is 0 Å². The Morgan fingerprint density at radius 3 is 2.85 bits per heavy atom. The number of halogens is 1. The van der Waals surface area contributed by atoms with Gasteiger partial charge in [-0.3, -0.25) is 15.4 Å². The van der Waals surface area contributed by atoms with Gasteiger partial charge in [0.1, 0.15) is 0 Å². The lowest BCUT2D eigenvalue weighted by atomic mass is 10.2. The molecule has 0 atom stereocenters. The Morgan fingerprint density at radius 2 is 2.20 bits per heavy atom. The summed E-state index contributed by atoms with van der Waals surface area (Å²) in [4.78, 5) is 13.3. The topological polar surface area (TPSA) is 84.7 Å². The van der Waals surface area contributed by atoms with Crippen LogP contribution in [0.15, 0.2) is 24.3 Å². The SMILES string of the molecule is CCn1nnc(NC(=S)NC(=O)c2ccccc2Cl)n1. The predicted octanol–water partition coefficient (Wildman–Crippen LogP) is 1.47. The second-order valence-corrected chi connectivity index (χ2v) is 4.51. The van der Waals surface area contributed by atoms with Crippen LogP contribution in [0.4, 0.5) is 5.95 Å². The highest BCUT2D eigenvalue weighted by Crippen LogP contribution is 2.14. The minimum absolute atomic E-state index is 0.0746. The Hall–Kier alpha value is -2.06. The lowest BCUT2D eigenvalue weighted by molar-refractivity contribution is 0.0978. The number of hydrogen-bond acceptors (Lipinski definition) is 5. The second kappa shape index (κ2) is 6.40. The predicted molar refractivity (Wildman–Crippen MR) is 78.6 cm³/mol. The number of thiocarbonyl (C=S) groups is 1. The van der Waals surface area contributed by atoms with Gasteiger partial charge in [0.15, 0.2) is 5.11 Å². The molecule has 1 heterocycles. The molecule has 0 saturated carbocycles. The summed E-state index contributed by atoms with van der Waals surface area (Å²) in [6.45, 7) is 2.47. The van der Waals surface area contributed by atoms with E-state index in [0.29, 0.717) is 17.1 Å². The first-order valence-corrected chi connectivity index (χ1v) is 6.53. The first kappa shape index (κ1) is 14.4. The van der Waals surface area contributed by atoms with Crippen LogP contribution in [0.5, 0.6) is 0 Å². The maximum Gasteiger partial charge on any atom is 0.269 e. The molecule has 0 spiro atoms. The fourth-order valence-corrected chi connectivity index (χ4v) is 1.78. The molecule has 0 fully saturated rings. The Morgan fingerprint density at radius 1 is 1.45 bits per heavy atom. The number of carbonyl (C=O) groups excluding carboxylic acids is 1. The van der Waals surface area contributed by atoms with Gasteiger partial charge in [-0.25, -0.2) is 0 Å². The number of rotatable bonds is 3. The molecule has 9 heteroatoms. The summed E-state index contributed by atoms with van der Waals surface area (Å²) in [5, 5.41) is 17.1. The van der Waals surface area contributed by atoms with E-state index in [1.54, 1.807) is 24.3 Å². The number of tetrazole rings is 1. The molecule has 1 aromatic heterocycles. The molecule has 20 heavy (non-hydrogen) atoms. The van der Waals surface area contributed by atoms with Gasteiger partial charge in [0.2, 0.25) is 0 Å². The van der Waals surface area contributed by atoms with Gasteiger partial charge in [-0.2, -0.15) is 4.80 Å². The number of benzene rings is 1. The van der Waals surface area contributed by atoms with Crippen molar-refractivity contribution in [2.24, 2.45) is 0 Å². The van der Waals surface area contributed by atoms with Gasteiger partial charge < -0.3 is 0 Å². The standard InChI is InChI=1S/C11H11ClN6OS/c1-2-18-16-10(15-17-18)14-11(20)13-9(19)7-5-3-4-6-8(7)12/h3-6H,2H2,1H3,(H2,13,14,16,19,20). The third-order valence-corrected chi connectivity index (χ3v) is 2.84. The number of aryl methyl sites for hydroxylation is 1.